The Morgan fingerprint density at radius 3 is 1.71 bits per heavy atom. The highest BCUT2D eigenvalue weighted by molar-refractivity contribution is 6.26. The minimum Gasteiger partial charge on any atom is -0.511 e. The fourth-order valence-corrected chi connectivity index (χ4v) is 3.79. The number of hydrogen-bond acceptors (Lipinski definition) is 4. The van der Waals surface area contributed by atoms with Crippen molar-refractivity contribution in [1.82, 2.24) is 4.90 Å². The molecule has 0 aromatic heterocycles. The first-order valence-electron chi connectivity index (χ1n) is 11.3. The van der Waals surface area contributed by atoms with Crippen LogP contribution in [0.25, 0.3) is 0 Å². The number of carbonyl (C=O) groups excluding carboxylic acids is 2. The number of ketones is 1. The van der Waals surface area contributed by atoms with Gasteiger partial charge in [-0.05, 0) is 19.8 Å². The Kier molecular flexibility index (Phi) is 12.1. The molecule has 1 rings (SSSR count). The molecule has 162 valence electrons. The van der Waals surface area contributed by atoms with Crippen molar-refractivity contribution in [2.24, 2.45) is 5.92 Å². The number of amides is 1. The monoisotopic (exact) mass is 395 g/mol. The number of nitrogens with zero attached hydrogens (tertiary/aromatic N) is 1. The highest BCUT2D eigenvalue weighted by atomic mass is 16.3. The molecular weight excluding hydrogens is 354 g/mol. The van der Waals surface area contributed by atoms with Crippen LogP contribution in [0.1, 0.15) is 97.3 Å². The number of allylic oxidation sites excluding steroid dienone is 1. The molecule has 0 aromatic carbocycles. The number of rotatable bonds is 15. The second-order valence-electron chi connectivity index (χ2n) is 8.37. The van der Waals surface area contributed by atoms with E-state index in [0.29, 0.717) is 6.61 Å². The van der Waals surface area contributed by atoms with E-state index in [0.717, 1.165) is 32.1 Å². The normalized spacial score (nSPS) is 20.1. The maximum absolute atomic E-state index is 12.2. The summed E-state index contributed by atoms with van der Waals surface area (Å²) in [5.74, 6) is -0.780. The van der Waals surface area contributed by atoms with Crippen LogP contribution in [0, 0.1) is 5.92 Å². The fraction of sp³-hybridized carbons (Fsp3) is 0.826. The zero-order valence-electron chi connectivity index (χ0n) is 18.2. The molecule has 1 heterocycles. The van der Waals surface area contributed by atoms with Crippen molar-refractivity contribution < 1.29 is 19.8 Å². The van der Waals surface area contributed by atoms with Crippen LogP contribution in [0.5, 0.6) is 0 Å². The van der Waals surface area contributed by atoms with Crippen LogP contribution in [-0.4, -0.2) is 46.5 Å². The molecule has 28 heavy (non-hydrogen) atoms. The molecule has 0 aliphatic carbocycles. The quantitative estimate of drug-likeness (QED) is 0.178. The summed E-state index contributed by atoms with van der Waals surface area (Å²) in [6.45, 7) is 3.91. The molecule has 0 saturated carbocycles. The van der Waals surface area contributed by atoms with E-state index in [-0.39, 0.29) is 28.9 Å². The molecule has 0 radical (unpaired) electrons. The summed E-state index contributed by atoms with van der Waals surface area (Å²) < 4.78 is 0. The van der Waals surface area contributed by atoms with Gasteiger partial charge < -0.3 is 15.1 Å². The average molecular weight is 396 g/mol. The van der Waals surface area contributed by atoms with E-state index < -0.39 is 6.04 Å². The molecule has 2 atom stereocenters. The Morgan fingerprint density at radius 1 is 0.893 bits per heavy atom. The van der Waals surface area contributed by atoms with Crippen molar-refractivity contribution in [3.05, 3.63) is 11.3 Å². The summed E-state index contributed by atoms with van der Waals surface area (Å²) in [5.41, 5.74) is -0.00105. The largest absolute Gasteiger partial charge is 0.511 e. The van der Waals surface area contributed by atoms with Crippen molar-refractivity contribution in [2.45, 2.75) is 103 Å². The van der Waals surface area contributed by atoms with Crippen molar-refractivity contribution in [2.75, 3.05) is 13.7 Å². The molecule has 5 heteroatoms. The lowest BCUT2D eigenvalue weighted by molar-refractivity contribution is -0.125. The van der Waals surface area contributed by atoms with Crippen molar-refractivity contribution in [3.8, 4) is 0 Å². The van der Waals surface area contributed by atoms with Crippen molar-refractivity contribution in [3.63, 3.8) is 0 Å². The molecule has 5 nitrogen and oxygen atoms in total. The maximum atomic E-state index is 12.2. The molecule has 1 fully saturated rings. The smallest absolute Gasteiger partial charge is 0.261 e. The third-order valence-corrected chi connectivity index (χ3v) is 6.01. The summed E-state index contributed by atoms with van der Waals surface area (Å²) >= 11 is 0. The standard InChI is InChI=1S/C23H41NO4/c1-18(21(26)20-22(27)19(2)24(3)23(20)28)16-14-12-10-8-6-4-5-7-9-11-13-15-17-25/h18-19,25-26H,4-17H2,1-3H3/b21-20+. The zero-order valence-corrected chi connectivity index (χ0v) is 18.2. The van der Waals surface area contributed by atoms with Gasteiger partial charge in [0.05, 0.1) is 6.04 Å². The van der Waals surface area contributed by atoms with Gasteiger partial charge in [0.15, 0.2) is 5.78 Å². The highest BCUT2D eigenvalue weighted by Crippen LogP contribution is 2.27. The van der Waals surface area contributed by atoms with Crippen LogP contribution in [0.4, 0.5) is 0 Å². The van der Waals surface area contributed by atoms with Gasteiger partial charge in [0.25, 0.3) is 5.91 Å². The Hall–Kier alpha value is -1.36. The van der Waals surface area contributed by atoms with Crippen LogP contribution in [0.15, 0.2) is 11.3 Å². The molecule has 1 saturated heterocycles. The highest BCUT2D eigenvalue weighted by Gasteiger charge is 2.41. The third kappa shape index (κ3) is 7.94. The third-order valence-electron chi connectivity index (χ3n) is 6.01. The Labute approximate surface area is 171 Å². The zero-order chi connectivity index (χ0) is 20.9. The predicted octanol–water partition coefficient (Wildman–Crippen LogP) is 4.93. The van der Waals surface area contributed by atoms with Gasteiger partial charge in [0, 0.05) is 19.6 Å². The van der Waals surface area contributed by atoms with Gasteiger partial charge in [-0.3, -0.25) is 9.59 Å². The second-order valence-corrected chi connectivity index (χ2v) is 8.37. The molecule has 0 aromatic rings. The predicted molar refractivity (Wildman–Crippen MR) is 113 cm³/mol. The minimum absolute atomic E-state index is 0.00105. The van der Waals surface area contributed by atoms with Crippen LogP contribution >= 0.6 is 0 Å². The summed E-state index contributed by atoms with van der Waals surface area (Å²) in [6, 6.07) is -0.475. The van der Waals surface area contributed by atoms with Crippen LogP contribution in [-0.2, 0) is 9.59 Å². The van der Waals surface area contributed by atoms with Crippen LogP contribution in [0.2, 0.25) is 0 Å². The number of hydrogen-bond donors (Lipinski definition) is 2. The van der Waals surface area contributed by atoms with Gasteiger partial charge >= 0.3 is 0 Å². The molecule has 0 spiro atoms. The van der Waals surface area contributed by atoms with E-state index >= 15 is 0 Å². The van der Waals surface area contributed by atoms with Crippen molar-refractivity contribution in [1.29, 1.82) is 0 Å². The molecule has 0 bridgehead atoms. The lowest BCUT2D eigenvalue weighted by Crippen LogP contribution is -2.28. The second kappa shape index (κ2) is 13.8. The number of Topliss-reactive ketones (excluding diaryl/α,β-unsaturated/α-hetero) is 1. The summed E-state index contributed by atoms with van der Waals surface area (Å²) in [4.78, 5) is 25.7. The number of aliphatic hydroxyl groups is 2. The van der Waals surface area contributed by atoms with Gasteiger partial charge in [0.1, 0.15) is 11.3 Å². The maximum Gasteiger partial charge on any atom is 0.261 e. The number of aliphatic hydroxyl groups excluding tert-OH is 2. The van der Waals surface area contributed by atoms with Gasteiger partial charge in [-0.1, -0.05) is 77.6 Å². The Bertz CT molecular complexity index is 493. The number of unbranched alkanes of at least 4 members (excludes halogenated alkanes) is 11. The molecule has 1 amide bonds. The van der Waals surface area contributed by atoms with E-state index in [2.05, 4.69) is 0 Å². The number of carbonyl (C=O) groups is 2. The first-order valence-corrected chi connectivity index (χ1v) is 11.3. The van der Waals surface area contributed by atoms with E-state index in [1.165, 1.54) is 56.3 Å². The van der Waals surface area contributed by atoms with Gasteiger partial charge in [0.2, 0.25) is 0 Å². The topological polar surface area (TPSA) is 77.8 Å². The Morgan fingerprint density at radius 2 is 1.32 bits per heavy atom. The Balaban J connectivity index is 2.09. The summed E-state index contributed by atoms with van der Waals surface area (Å²) in [5, 5.41) is 19.1. The van der Waals surface area contributed by atoms with Crippen LogP contribution in [0.3, 0.4) is 0 Å². The van der Waals surface area contributed by atoms with Gasteiger partial charge in [-0.15, -0.1) is 0 Å². The van der Waals surface area contributed by atoms with E-state index in [4.69, 9.17) is 5.11 Å². The fourth-order valence-electron chi connectivity index (χ4n) is 3.79. The lowest BCUT2D eigenvalue weighted by atomic mass is 9.95. The lowest BCUT2D eigenvalue weighted by Gasteiger charge is -2.13. The van der Waals surface area contributed by atoms with E-state index in [1.54, 1.807) is 14.0 Å². The molecule has 1 aliphatic heterocycles. The van der Waals surface area contributed by atoms with Crippen molar-refractivity contribution >= 4 is 11.7 Å². The average Bonchev–Trinajstić information content (AvgIpc) is 2.87. The number of likely N-dealkylation sites (tertiary alicyclic amines) is 1. The first kappa shape index (κ1) is 24.7. The molecular formula is C23H41NO4. The SMILES string of the molecule is CC(CCCCCCCCCCCCCCO)/C(O)=C1/C(=O)C(C)N(C)C1=O. The number of likely N-dealkylation sites (N-methyl/N-ethyl adjacent to an activating group) is 1. The molecule has 2 unspecified atom stereocenters. The summed E-state index contributed by atoms with van der Waals surface area (Å²) in [7, 11) is 1.60. The van der Waals surface area contributed by atoms with Gasteiger partial charge in [-0.25, -0.2) is 0 Å². The molecule has 1 aliphatic rings. The summed E-state index contributed by atoms with van der Waals surface area (Å²) in [6.07, 6.45) is 15.2. The molecule has 2 N–H and O–H groups in total. The van der Waals surface area contributed by atoms with Crippen LogP contribution < -0.4 is 0 Å². The van der Waals surface area contributed by atoms with E-state index in [1.807, 2.05) is 6.92 Å². The first-order chi connectivity index (χ1) is 13.4. The van der Waals surface area contributed by atoms with E-state index in [9.17, 15) is 14.7 Å². The van der Waals surface area contributed by atoms with Gasteiger partial charge in [-0.2, -0.15) is 0 Å². The minimum atomic E-state index is -0.475.